The summed E-state index contributed by atoms with van der Waals surface area (Å²) < 4.78 is 72.9. The van der Waals surface area contributed by atoms with Crippen molar-refractivity contribution in [1.82, 2.24) is 39.4 Å². The van der Waals surface area contributed by atoms with E-state index in [1.807, 2.05) is 22.9 Å². The Morgan fingerprint density at radius 1 is 0.875 bits per heavy atom. The molecule has 2 aromatic carbocycles. The summed E-state index contributed by atoms with van der Waals surface area (Å²) in [5, 5.41) is 2.62. The van der Waals surface area contributed by atoms with E-state index in [1.165, 1.54) is 6.20 Å². The number of fused-ring (bicyclic) bond motifs is 2. The summed E-state index contributed by atoms with van der Waals surface area (Å²) in [5.41, 5.74) is 2.26. The standard InChI is InChI=1S/C43H42F3N11O6S/c44-28-7-8-56(23-28)64(62,63)52-34-4-3-33(45)37(38(34)46)39(59)32-18-48-40-31(32)14-25(15-47-40)27-16-49-43(50-17-27)55-20-24(21-55)19-53-9-11-54(12-10-53)29-1-2-30-26(13-29)22-57(42(30)61)35-5-6-36(58)51-41(35)60/h1-4,13-18,24,28,35,52H,5-12,19-23H2,(H,47,48)(H,51,58,60)/t28-,35?/m1/s1. The van der Waals surface area contributed by atoms with Crippen molar-refractivity contribution < 1.29 is 40.8 Å². The second kappa shape index (κ2) is 16.3. The number of nitrogens with one attached hydrogen (secondary N) is 3. The number of H-pyrrole nitrogens is 1. The first kappa shape index (κ1) is 41.6. The van der Waals surface area contributed by atoms with Crippen molar-refractivity contribution in [3.8, 4) is 11.1 Å². The van der Waals surface area contributed by atoms with Crippen LogP contribution in [0, 0.1) is 17.6 Å². The Hall–Kier alpha value is -6.45. The molecule has 5 aromatic rings. The summed E-state index contributed by atoms with van der Waals surface area (Å²) >= 11 is 0. The van der Waals surface area contributed by atoms with Gasteiger partial charge in [0.05, 0.1) is 11.3 Å². The number of piperidine rings is 1. The second-order valence-electron chi connectivity index (χ2n) is 16.9. The Kier molecular flexibility index (Phi) is 10.6. The highest BCUT2D eigenvalue weighted by Gasteiger charge is 2.40. The fourth-order valence-electron chi connectivity index (χ4n) is 9.23. The molecule has 4 saturated heterocycles. The van der Waals surface area contributed by atoms with Gasteiger partial charge in [-0.05, 0) is 54.8 Å². The topological polar surface area (TPSA) is 197 Å². The van der Waals surface area contributed by atoms with Crippen LogP contribution in [0.1, 0.15) is 51.1 Å². The van der Waals surface area contributed by atoms with E-state index in [2.05, 4.69) is 40.0 Å². The SMILES string of the molecule is O=C1CCC(N2Cc3cc(N4CCN(CC5CN(c6ncc(-c7cnc8[nH]cc(C(=O)c9c(F)ccc(NS(=O)(=O)N%10CC[C@@H](F)C%10)c9F)c8c7)cn6)C5)CC4)ccc3C2=O)C(=O)N1. The van der Waals surface area contributed by atoms with Crippen molar-refractivity contribution in [2.24, 2.45) is 5.92 Å². The highest BCUT2D eigenvalue weighted by atomic mass is 32.2. The van der Waals surface area contributed by atoms with Crippen LogP contribution < -0.4 is 19.8 Å². The Morgan fingerprint density at radius 3 is 2.38 bits per heavy atom. The molecular weight excluding hydrogens is 856 g/mol. The van der Waals surface area contributed by atoms with E-state index >= 15 is 8.78 Å². The van der Waals surface area contributed by atoms with Crippen molar-refractivity contribution in [2.75, 3.05) is 73.4 Å². The molecule has 5 aliphatic heterocycles. The number of rotatable bonds is 11. The molecule has 3 amide bonds. The Labute approximate surface area is 364 Å². The molecule has 3 aromatic heterocycles. The van der Waals surface area contributed by atoms with Gasteiger partial charge < -0.3 is 19.7 Å². The molecule has 64 heavy (non-hydrogen) atoms. The summed E-state index contributed by atoms with van der Waals surface area (Å²) in [4.78, 5) is 75.8. The smallest absolute Gasteiger partial charge is 0.301 e. The second-order valence-corrected chi connectivity index (χ2v) is 18.5. The molecule has 5 aliphatic rings. The minimum absolute atomic E-state index is 0.00542. The van der Waals surface area contributed by atoms with E-state index in [-0.39, 0.29) is 47.8 Å². The molecule has 17 nitrogen and oxygen atoms in total. The maximum Gasteiger partial charge on any atom is 0.301 e. The van der Waals surface area contributed by atoms with Crippen LogP contribution in [0.3, 0.4) is 0 Å². The molecule has 8 heterocycles. The number of piperazine rings is 1. The summed E-state index contributed by atoms with van der Waals surface area (Å²) in [6.07, 6.45) is 5.32. The summed E-state index contributed by atoms with van der Waals surface area (Å²) in [6, 6.07) is 8.51. The molecule has 0 radical (unpaired) electrons. The average Bonchev–Trinajstić information content (AvgIpc) is 4.00. The van der Waals surface area contributed by atoms with Crippen molar-refractivity contribution in [3.63, 3.8) is 0 Å². The van der Waals surface area contributed by atoms with E-state index in [1.54, 1.807) is 29.6 Å². The summed E-state index contributed by atoms with van der Waals surface area (Å²) in [7, 11) is -4.37. The van der Waals surface area contributed by atoms with Crippen LogP contribution in [0.2, 0.25) is 0 Å². The van der Waals surface area contributed by atoms with Crippen molar-refractivity contribution in [2.45, 2.75) is 38.0 Å². The number of aromatic amines is 1. The number of hydrogen-bond donors (Lipinski definition) is 3. The maximum absolute atomic E-state index is 15.7. The largest absolute Gasteiger partial charge is 0.369 e. The lowest BCUT2D eigenvalue weighted by Crippen LogP contribution is -2.55. The lowest BCUT2D eigenvalue weighted by atomic mass is 9.99. The predicted molar refractivity (Wildman–Crippen MR) is 227 cm³/mol. The van der Waals surface area contributed by atoms with Gasteiger partial charge in [-0.25, -0.2) is 28.1 Å². The van der Waals surface area contributed by atoms with Gasteiger partial charge in [0.1, 0.15) is 23.7 Å². The number of ketones is 1. The van der Waals surface area contributed by atoms with E-state index in [4.69, 9.17) is 0 Å². The van der Waals surface area contributed by atoms with Gasteiger partial charge >= 0.3 is 10.2 Å². The molecule has 0 aliphatic carbocycles. The monoisotopic (exact) mass is 897 g/mol. The van der Waals surface area contributed by atoms with Crippen molar-refractivity contribution in [1.29, 1.82) is 0 Å². The van der Waals surface area contributed by atoms with Crippen LogP contribution in [0.4, 0.5) is 30.5 Å². The number of pyridine rings is 1. The lowest BCUT2D eigenvalue weighted by molar-refractivity contribution is -0.136. The van der Waals surface area contributed by atoms with E-state index in [0.29, 0.717) is 41.5 Å². The number of alkyl halides is 1. The van der Waals surface area contributed by atoms with Gasteiger partial charge in [-0.2, -0.15) is 12.7 Å². The Morgan fingerprint density at radius 2 is 1.64 bits per heavy atom. The average molecular weight is 898 g/mol. The van der Waals surface area contributed by atoms with Gasteiger partial charge in [-0.3, -0.25) is 34.1 Å². The van der Waals surface area contributed by atoms with Gasteiger partial charge in [-0.15, -0.1) is 0 Å². The molecule has 3 N–H and O–H groups in total. The summed E-state index contributed by atoms with van der Waals surface area (Å²) in [5.74, 6) is -3.54. The van der Waals surface area contributed by atoms with E-state index < -0.39 is 63.5 Å². The normalized spacial score (nSPS) is 21.1. The zero-order valence-electron chi connectivity index (χ0n) is 34.3. The zero-order chi connectivity index (χ0) is 44.4. The molecule has 10 rings (SSSR count). The van der Waals surface area contributed by atoms with Crippen LogP contribution in [-0.2, 0) is 26.3 Å². The Bertz CT molecular complexity index is 2830. The van der Waals surface area contributed by atoms with Crippen LogP contribution in [0.15, 0.2) is 61.2 Å². The first-order valence-electron chi connectivity index (χ1n) is 21.0. The molecule has 332 valence electrons. The minimum atomic E-state index is -4.37. The number of aromatic nitrogens is 4. The molecule has 0 saturated carbocycles. The van der Waals surface area contributed by atoms with Gasteiger partial charge in [0, 0.05) is 136 Å². The first-order valence-corrected chi connectivity index (χ1v) is 22.5. The van der Waals surface area contributed by atoms with E-state index in [9.17, 15) is 32.0 Å². The number of carbonyl (C=O) groups is 4. The highest BCUT2D eigenvalue weighted by Crippen LogP contribution is 2.33. The number of halogens is 3. The molecule has 4 fully saturated rings. The molecule has 0 bridgehead atoms. The van der Waals surface area contributed by atoms with Crippen molar-refractivity contribution in [3.05, 3.63) is 95.1 Å². The minimum Gasteiger partial charge on any atom is -0.369 e. The Balaban J connectivity index is 0.736. The highest BCUT2D eigenvalue weighted by molar-refractivity contribution is 7.90. The van der Waals surface area contributed by atoms with Crippen LogP contribution in [0.5, 0.6) is 0 Å². The van der Waals surface area contributed by atoms with Crippen LogP contribution >= 0.6 is 0 Å². The van der Waals surface area contributed by atoms with Crippen molar-refractivity contribution >= 4 is 62.1 Å². The number of amides is 3. The van der Waals surface area contributed by atoms with Gasteiger partial charge in [0.2, 0.25) is 23.5 Å². The fraction of sp³-hybridized carbons (Fsp3) is 0.372. The number of carbonyl (C=O) groups excluding carboxylic acids is 4. The summed E-state index contributed by atoms with van der Waals surface area (Å²) in [6.45, 7) is 5.77. The number of imide groups is 1. The predicted octanol–water partition coefficient (Wildman–Crippen LogP) is 3.25. The van der Waals surface area contributed by atoms with Crippen LogP contribution in [0.25, 0.3) is 22.2 Å². The molecule has 2 atom stereocenters. The number of anilines is 3. The molecular formula is C43H42F3N11O6S. The zero-order valence-corrected chi connectivity index (χ0v) is 35.1. The first-order chi connectivity index (χ1) is 30.8. The molecule has 0 spiro atoms. The maximum atomic E-state index is 15.7. The lowest BCUT2D eigenvalue weighted by Gasteiger charge is -2.44. The van der Waals surface area contributed by atoms with Gasteiger partial charge in [0.25, 0.3) is 5.91 Å². The quantitative estimate of drug-likeness (QED) is 0.130. The molecule has 1 unspecified atom stereocenters. The number of benzene rings is 2. The van der Waals surface area contributed by atoms with Gasteiger partial charge in [0.15, 0.2) is 5.82 Å². The third kappa shape index (κ3) is 7.70. The fourth-order valence-corrected chi connectivity index (χ4v) is 10.5. The number of nitrogens with zero attached hydrogens (tertiary/aromatic N) is 8. The number of hydrogen-bond acceptors (Lipinski definition) is 12. The van der Waals surface area contributed by atoms with Gasteiger partial charge in [-0.1, -0.05) is 0 Å². The molecule has 21 heteroatoms. The third-order valence-corrected chi connectivity index (χ3v) is 14.2. The van der Waals surface area contributed by atoms with Crippen LogP contribution in [-0.4, -0.2) is 137 Å². The third-order valence-electron chi connectivity index (χ3n) is 12.7. The van der Waals surface area contributed by atoms with E-state index in [0.717, 1.165) is 73.5 Å².